The third-order valence-electron chi connectivity index (χ3n) is 2.46. The Hall–Kier alpha value is -1.07. The third-order valence-corrected chi connectivity index (χ3v) is 4.48. The number of benzene rings is 1. The van der Waals surface area contributed by atoms with Crippen molar-refractivity contribution in [2.45, 2.75) is 10.8 Å². The zero-order valence-corrected chi connectivity index (χ0v) is 9.52. The SMILES string of the molecule is Nc1nsc(C2CSc3ccccc32)n1. The second kappa shape index (κ2) is 3.50. The highest BCUT2D eigenvalue weighted by atomic mass is 32.2. The smallest absolute Gasteiger partial charge is 0.232 e. The molecular formula is C10H9N3S2. The van der Waals surface area contributed by atoms with E-state index in [1.54, 1.807) is 0 Å². The first-order chi connectivity index (χ1) is 7.34. The Bertz CT molecular complexity index is 495. The molecular weight excluding hydrogens is 226 g/mol. The normalized spacial score (nSPS) is 19.1. The lowest BCUT2D eigenvalue weighted by Gasteiger charge is -2.04. The third kappa shape index (κ3) is 1.52. The second-order valence-corrected chi connectivity index (χ2v) is 5.24. The zero-order valence-electron chi connectivity index (χ0n) is 7.88. The molecule has 1 aromatic carbocycles. The highest BCUT2D eigenvalue weighted by Crippen LogP contribution is 2.43. The van der Waals surface area contributed by atoms with Gasteiger partial charge in [0.2, 0.25) is 5.95 Å². The topological polar surface area (TPSA) is 51.8 Å². The zero-order chi connectivity index (χ0) is 10.3. The average molecular weight is 235 g/mol. The number of nitrogens with zero attached hydrogens (tertiary/aromatic N) is 2. The van der Waals surface area contributed by atoms with Crippen molar-refractivity contribution in [2.24, 2.45) is 0 Å². The van der Waals surface area contributed by atoms with E-state index in [-0.39, 0.29) is 0 Å². The van der Waals surface area contributed by atoms with E-state index in [1.165, 1.54) is 22.0 Å². The van der Waals surface area contributed by atoms with Gasteiger partial charge in [0.05, 0.1) is 0 Å². The summed E-state index contributed by atoms with van der Waals surface area (Å²) in [6, 6.07) is 8.47. The minimum absolute atomic E-state index is 0.376. The summed E-state index contributed by atoms with van der Waals surface area (Å²) in [6.07, 6.45) is 0. The van der Waals surface area contributed by atoms with Crippen LogP contribution in [0.3, 0.4) is 0 Å². The molecule has 1 aromatic heterocycles. The van der Waals surface area contributed by atoms with Gasteiger partial charge in [-0.3, -0.25) is 0 Å². The highest BCUT2D eigenvalue weighted by molar-refractivity contribution is 7.99. The first-order valence-corrected chi connectivity index (χ1v) is 6.41. The lowest BCUT2D eigenvalue weighted by molar-refractivity contribution is 0.920. The predicted molar refractivity (Wildman–Crippen MR) is 63.3 cm³/mol. The molecule has 0 fully saturated rings. The van der Waals surface area contributed by atoms with Crippen molar-refractivity contribution in [1.82, 2.24) is 9.36 Å². The number of hydrogen-bond acceptors (Lipinski definition) is 5. The van der Waals surface area contributed by atoms with Gasteiger partial charge in [-0.15, -0.1) is 11.8 Å². The number of nitrogen functional groups attached to an aromatic ring is 1. The van der Waals surface area contributed by atoms with Gasteiger partial charge in [0.1, 0.15) is 5.01 Å². The van der Waals surface area contributed by atoms with Crippen LogP contribution in [0, 0.1) is 0 Å². The minimum Gasteiger partial charge on any atom is -0.367 e. The highest BCUT2D eigenvalue weighted by Gasteiger charge is 2.26. The summed E-state index contributed by atoms with van der Waals surface area (Å²) in [5.41, 5.74) is 6.91. The maximum absolute atomic E-state index is 5.55. The van der Waals surface area contributed by atoms with Crippen LogP contribution in [0.1, 0.15) is 16.5 Å². The Morgan fingerprint density at radius 3 is 3.00 bits per heavy atom. The van der Waals surface area contributed by atoms with Crippen LogP contribution in [-0.2, 0) is 0 Å². The summed E-state index contributed by atoms with van der Waals surface area (Å²) in [7, 11) is 0. The van der Waals surface area contributed by atoms with Gasteiger partial charge >= 0.3 is 0 Å². The molecule has 2 aromatic rings. The van der Waals surface area contributed by atoms with E-state index in [4.69, 9.17) is 5.73 Å². The van der Waals surface area contributed by atoms with Crippen LogP contribution >= 0.6 is 23.3 Å². The van der Waals surface area contributed by atoms with Crippen LogP contribution in [0.25, 0.3) is 0 Å². The summed E-state index contributed by atoms with van der Waals surface area (Å²) >= 11 is 3.29. The van der Waals surface area contributed by atoms with Gasteiger partial charge in [-0.05, 0) is 23.2 Å². The average Bonchev–Trinajstić information content (AvgIpc) is 2.83. The number of rotatable bonds is 1. The Balaban J connectivity index is 2.04. The van der Waals surface area contributed by atoms with E-state index >= 15 is 0 Å². The van der Waals surface area contributed by atoms with Gasteiger partial charge in [-0.2, -0.15) is 4.37 Å². The molecule has 3 nitrogen and oxygen atoms in total. The predicted octanol–water partition coefficient (Wildman–Crippen LogP) is 2.36. The van der Waals surface area contributed by atoms with Crippen molar-refractivity contribution in [3.63, 3.8) is 0 Å². The molecule has 0 saturated heterocycles. The minimum atomic E-state index is 0.376. The van der Waals surface area contributed by atoms with Crippen LogP contribution in [0.4, 0.5) is 5.95 Å². The van der Waals surface area contributed by atoms with Crippen molar-refractivity contribution in [3.8, 4) is 0 Å². The van der Waals surface area contributed by atoms with Gasteiger partial charge in [0, 0.05) is 16.6 Å². The summed E-state index contributed by atoms with van der Waals surface area (Å²) < 4.78 is 4.03. The molecule has 0 amide bonds. The Kier molecular flexibility index (Phi) is 2.14. The number of thioether (sulfide) groups is 1. The summed E-state index contributed by atoms with van der Waals surface area (Å²) in [5.74, 6) is 1.82. The number of anilines is 1. The van der Waals surface area contributed by atoms with E-state index in [9.17, 15) is 0 Å². The summed E-state index contributed by atoms with van der Waals surface area (Å²) in [5, 5.41) is 1.03. The lowest BCUT2D eigenvalue weighted by atomic mass is 10.0. The Labute approximate surface area is 95.9 Å². The largest absolute Gasteiger partial charge is 0.367 e. The second-order valence-electron chi connectivity index (χ2n) is 3.39. The summed E-state index contributed by atoms with van der Waals surface area (Å²) in [4.78, 5) is 5.62. The van der Waals surface area contributed by atoms with Gasteiger partial charge in [0.25, 0.3) is 0 Å². The van der Waals surface area contributed by atoms with E-state index in [2.05, 4.69) is 33.6 Å². The molecule has 0 radical (unpaired) electrons. The fourth-order valence-electron chi connectivity index (χ4n) is 1.76. The molecule has 0 spiro atoms. The molecule has 0 saturated carbocycles. The van der Waals surface area contributed by atoms with E-state index in [0.29, 0.717) is 11.9 Å². The molecule has 76 valence electrons. The van der Waals surface area contributed by atoms with Crippen LogP contribution < -0.4 is 5.73 Å². The first-order valence-electron chi connectivity index (χ1n) is 4.65. The molecule has 1 aliphatic rings. The number of fused-ring (bicyclic) bond motifs is 1. The molecule has 0 bridgehead atoms. The van der Waals surface area contributed by atoms with Gasteiger partial charge in [0.15, 0.2) is 0 Å². The molecule has 2 N–H and O–H groups in total. The van der Waals surface area contributed by atoms with Crippen molar-refractivity contribution in [3.05, 3.63) is 34.8 Å². The molecule has 1 unspecified atom stereocenters. The monoisotopic (exact) mass is 235 g/mol. The summed E-state index contributed by atoms with van der Waals surface area (Å²) in [6.45, 7) is 0. The molecule has 0 aliphatic carbocycles. The first kappa shape index (κ1) is 9.18. The Morgan fingerprint density at radius 1 is 1.33 bits per heavy atom. The van der Waals surface area contributed by atoms with E-state index in [1.807, 2.05) is 11.8 Å². The molecule has 2 heterocycles. The molecule has 3 rings (SSSR count). The standard InChI is InChI=1S/C10H9N3S2/c11-10-12-9(15-13-10)7-5-14-8-4-2-1-3-6(7)8/h1-4,7H,5H2,(H2,11,13). The number of nitrogens with two attached hydrogens (primary N) is 1. The molecule has 1 atom stereocenters. The number of hydrogen-bond donors (Lipinski definition) is 1. The molecule has 1 aliphatic heterocycles. The van der Waals surface area contributed by atoms with Crippen LogP contribution in [0.15, 0.2) is 29.2 Å². The van der Waals surface area contributed by atoms with Crippen LogP contribution in [0.5, 0.6) is 0 Å². The molecule has 5 heteroatoms. The van der Waals surface area contributed by atoms with E-state index in [0.717, 1.165) is 10.8 Å². The lowest BCUT2D eigenvalue weighted by Crippen LogP contribution is -1.99. The van der Waals surface area contributed by atoms with Crippen LogP contribution in [-0.4, -0.2) is 15.1 Å². The fraction of sp³-hybridized carbons (Fsp3) is 0.200. The van der Waals surface area contributed by atoms with Crippen LogP contribution in [0.2, 0.25) is 0 Å². The van der Waals surface area contributed by atoms with Crippen molar-refractivity contribution >= 4 is 29.2 Å². The van der Waals surface area contributed by atoms with Gasteiger partial charge in [-0.25, -0.2) is 4.98 Å². The van der Waals surface area contributed by atoms with Gasteiger partial charge < -0.3 is 5.73 Å². The van der Waals surface area contributed by atoms with Crippen molar-refractivity contribution < 1.29 is 0 Å². The van der Waals surface area contributed by atoms with Crippen molar-refractivity contribution in [2.75, 3.05) is 11.5 Å². The maximum Gasteiger partial charge on any atom is 0.232 e. The Morgan fingerprint density at radius 2 is 2.20 bits per heavy atom. The van der Waals surface area contributed by atoms with Crippen molar-refractivity contribution in [1.29, 1.82) is 0 Å². The van der Waals surface area contributed by atoms with Gasteiger partial charge in [-0.1, -0.05) is 18.2 Å². The van der Waals surface area contributed by atoms with E-state index < -0.39 is 0 Å². The number of aromatic nitrogens is 2. The molecule has 15 heavy (non-hydrogen) atoms. The quantitative estimate of drug-likeness (QED) is 0.824. The fourth-order valence-corrected chi connectivity index (χ4v) is 3.80. The maximum atomic E-state index is 5.55.